The monoisotopic (exact) mass is 798 g/mol. The number of rotatable bonds is 6. The molecule has 0 atom stereocenters. The summed E-state index contributed by atoms with van der Waals surface area (Å²) in [5.41, 5.74) is 17.6. The van der Waals surface area contributed by atoms with Gasteiger partial charge in [0.15, 0.2) is 0 Å². The molecule has 290 valence electrons. The Morgan fingerprint density at radius 2 is 1.13 bits per heavy atom. The van der Waals surface area contributed by atoms with Crippen LogP contribution >= 0.6 is 11.3 Å². The summed E-state index contributed by atoms with van der Waals surface area (Å²) in [5, 5.41) is 7.60. The molecule has 3 aromatic heterocycles. The van der Waals surface area contributed by atoms with Gasteiger partial charge in [0.1, 0.15) is 0 Å². The van der Waals surface area contributed by atoms with E-state index < -0.39 is 0 Å². The number of allylic oxidation sites excluding steroid dienone is 5. The van der Waals surface area contributed by atoms with Gasteiger partial charge in [-0.05, 0) is 107 Å². The largest absolute Gasteiger partial charge is 0.313 e. The molecule has 0 N–H and O–H groups in total. The molecule has 0 amide bonds. The third-order valence-electron chi connectivity index (χ3n) is 13.2. The van der Waals surface area contributed by atoms with E-state index in [1.807, 2.05) is 23.5 Å². The van der Waals surface area contributed by atoms with Crippen molar-refractivity contribution in [1.29, 1.82) is 0 Å². The molecule has 8 aromatic carbocycles. The van der Waals surface area contributed by atoms with Crippen LogP contribution in [-0.2, 0) is 5.41 Å². The highest BCUT2D eigenvalue weighted by Crippen LogP contribution is 2.54. The molecule has 11 aromatic rings. The molecule has 0 radical (unpaired) electrons. The first kappa shape index (κ1) is 35.7. The molecule has 1 aliphatic rings. The van der Waals surface area contributed by atoms with Crippen LogP contribution in [0.2, 0.25) is 0 Å². The lowest BCUT2D eigenvalue weighted by Gasteiger charge is -2.21. The lowest BCUT2D eigenvalue weighted by Crippen LogP contribution is -2.14. The number of thiophene rings is 1. The minimum Gasteiger partial charge on any atom is -0.313 e. The molecule has 0 spiro atoms. The number of para-hydroxylation sites is 2. The van der Waals surface area contributed by atoms with Crippen molar-refractivity contribution in [3.8, 4) is 39.1 Å². The third-order valence-corrected chi connectivity index (χ3v) is 14.5. The van der Waals surface area contributed by atoms with Crippen LogP contribution < -0.4 is 0 Å². The molecule has 12 rings (SSSR count). The van der Waals surface area contributed by atoms with Crippen LogP contribution in [0.25, 0.3) is 109 Å². The Morgan fingerprint density at radius 1 is 0.525 bits per heavy atom. The van der Waals surface area contributed by atoms with Gasteiger partial charge in [-0.1, -0.05) is 148 Å². The van der Waals surface area contributed by atoms with Gasteiger partial charge in [0, 0.05) is 64.1 Å². The molecule has 2 nitrogen and oxygen atoms in total. The molecule has 61 heavy (non-hydrogen) atoms. The lowest BCUT2D eigenvalue weighted by atomic mass is 9.82. The van der Waals surface area contributed by atoms with E-state index in [1.54, 1.807) is 0 Å². The summed E-state index contributed by atoms with van der Waals surface area (Å²) in [7, 11) is 0. The number of fused-ring (bicyclic) bond motifs is 12. The van der Waals surface area contributed by atoms with Crippen molar-refractivity contribution in [1.82, 2.24) is 9.13 Å². The summed E-state index contributed by atoms with van der Waals surface area (Å²) in [5.74, 6) is 0. The number of hydrogen-bond acceptors (Lipinski definition) is 1. The number of benzene rings is 8. The second-order valence-electron chi connectivity index (χ2n) is 17.0. The van der Waals surface area contributed by atoms with Crippen molar-refractivity contribution in [3.05, 3.63) is 206 Å². The molecule has 0 fully saturated rings. The second kappa shape index (κ2) is 13.4. The van der Waals surface area contributed by atoms with Gasteiger partial charge < -0.3 is 9.13 Å². The van der Waals surface area contributed by atoms with E-state index in [4.69, 9.17) is 0 Å². The second-order valence-corrected chi connectivity index (χ2v) is 18.0. The Labute approximate surface area is 359 Å². The van der Waals surface area contributed by atoms with Crippen LogP contribution in [0.5, 0.6) is 0 Å². The van der Waals surface area contributed by atoms with Crippen LogP contribution in [0.15, 0.2) is 195 Å². The van der Waals surface area contributed by atoms with E-state index in [0.29, 0.717) is 0 Å². The van der Waals surface area contributed by atoms with Gasteiger partial charge in [-0.3, -0.25) is 0 Å². The Bertz CT molecular complexity index is 3710. The molecule has 3 heterocycles. The third kappa shape index (κ3) is 5.20. The summed E-state index contributed by atoms with van der Waals surface area (Å²) in [6, 6.07) is 61.4. The minimum atomic E-state index is -0.0795. The number of hydrogen-bond donors (Lipinski definition) is 0. The Morgan fingerprint density at radius 3 is 1.93 bits per heavy atom. The molecule has 0 unspecified atom stereocenters. The molecule has 1 aliphatic carbocycles. The Kier molecular flexibility index (Phi) is 7.85. The summed E-state index contributed by atoms with van der Waals surface area (Å²) in [4.78, 5) is 0. The SMILES string of the molecule is C=C/C=C\C=C(/C)n1c2ccccc2c2cc(-c3ccc4c(c3)c3ccccc3n4-c3cc(-c4cccc5c4-c4ccccc4C5(C)C)c4sc5ccccc5c4c3)ccc21. The lowest BCUT2D eigenvalue weighted by molar-refractivity contribution is 0.660. The summed E-state index contributed by atoms with van der Waals surface area (Å²) in [6.45, 7) is 10.8. The van der Waals surface area contributed by atoms with Crippen molar-refractivity contribution in [3.63, 3.8) is 0 Å². The van der Waals surface area contributed by atoms with Gasteiger partial charge in [0.05, 0.1) is 22.1 Å². The molecule has 0 saturated heterocycles. The van der Waals surface area contributed by atoms with Crippen LogP contribution in [0.3, 0.4) is 0 Å². The van der Waals surface area contributed by atoms with Crippen LogP contribution in [0.1, 0.15) is 31.9 Å². The standard InChI is InChI=1S/C58H42N2S/c1-5-6-7-17-36(2)59-51-25-13-9-18-40(51)45-32-37(28-30-53(45)59)38-29-31-54-46(33-38)41-19-10-14-26-52(41)60(54)39-34-47-42-20-11-15-27-55(42)61-57(47)48(35-39)43-22-16-24-50-56(43)44-21-8-12-23-49(44)58(50,3)4/h5-35H,1H2,2-4H3/b7-6-,36-17+. The van der Waals surface area contributed by atoms with E-state index in [9.17, 15) is 0 Å². The first-order valence-corrected chi connectivity index (χ1v) is 21.9. The predicted octanol–water partition coefficient (Wildman–Crippen LogP) is 16.5. The van der Waals surface area contributed by atoms with Crippen molar-refractivity contribution < 1.29 is 0 Å². The van der Waals surface area contributed by atoms with E-state index in [2.05, 4.69) is 212 Å². The average Bonchev–Trinajstić information content (AvgIpc) is 4.01. The first-order chi connectivity index (χ1) is 29.9. The fourth-order valence-corrected chi connectivity index (χ4v) is 11.6. The van der Waals surface area contributed by atoms with Gasteiger partial charge in [0.2, 0.25) is 0 Å². The summed E-state index contributed by atoms with van der Waals surface area (Å²) >= 11 is 1.91. The van der Waals surface area contributed by atoms with Crippen molar-refractivity contribution in [2.24, 2.45) is 0 Å². The van der Waals surface area contributed by atoms with Gasteiger partial charge in [-0.2, -0.15) is 0 Å². The molecular weight excluding hydrogens is 757 g/mol. The van der Waals surface area contributed by atoms with Gasteiger partial charge in [0.25, 0.3) is 0 Å². The zero-order chi connectivity index (χ0) is 41.0. The first-order valence-electron chi connectivity index (χ1n) is 21.1. The zero-order valence-electron chi connectivity index (χ0n) is 34.4. The van der Waals surface area contributed by atoms with Crippen LogP contribution in [0.4, 0.5) is 0 Å². The van der Waals surface area contributed by atoms with E-state index in [-0.39, 0.29) is 5.41 Å². The molecule has 0 aliphatic heterocycles. The van der Waals surface area contributed by atoms with E-state index >= 15 is 0 Å². The smallest absolute Gasteiger partial charge is 0.0541 e. The maximum atomic E-state index is 3.84. The van der Waals surface area contributed by atoms with E-state index in [0.717, 1.165) is 5.70 Å². The quantitative estimate of drug-likeness (QED) is 0.148. The number of aromatic nitrogens is 2. The molecular formula is C58H42N2S. The Hall–Kier alpha value is -7.20. The summed E-state index contributed by atoms with van der Waals surface area (Å²) in [6.07, 6.45) is 7.99. The molecule has 0 bridgehead atoms. The van der Waals surface area contributed by atoms with Gasteiger partial charge in [-0.15, -0.1) is 11.3 Å². The maximum absolute atomic E-state index is 3.84. The highest BCUT2D eigenvalue weighted by Gasteiger charge is 2.37. The van der Waals surface area contributed by atoms with E-state index in [1.165, 1.54) is 114 Å². The van der Waals surface area contributed by atoms with Gasteiger partial charge >= 0.3 is 0 Å². The highest BCUT2D eigenvalue weighted by molar-refractivity contribution is 7.26. The molecule has 0 saturated carbocycles. The van der Waals surface area contributed by atoms with Crippen molar-refractivity contribution in [2.75, 3.05) is 0 Å². The Balaban J connectivity index is 1.08. The predicted molar refractivity (Wildman–Crippen MR) is 264 cm³/mol. The van der Waals surface area contributed by atoms with Crippen molar-refractivity contribution >= 4 is 80.8 Å². The summed E-state index contributed by atoms with van der Waals surface area (Å²) < 4.78 is 7.51. The molecule has 3 heteroatoms. The zero-order valence-corrected chi connectivity index (χ0v) is 35.2. The van der Waals surface area contributed by atoms with Crippen molar-refractivity contribution in [2.45, 2.75) is 26.2 Å². The van der Waals surface area contributed by atoms with Gasteiger partial charge in [-0.25, -0.2) is 0 Å². The fourth-order valence-electron chi connectivity index (χ4n) is 10.4. The minimum absolute atomic E-state index is 0.0795. The normalized spacial score (nSPS) is 13.7. The van der Waals surface area contributed by atoms with Crippen LogP contribution in [0, 0.1) is 0 Å². The maximum Gasteiger partial charge on any atom is 0.0541 e. The van der Waals surface area contributed by atoms with Crippen LogP contribution in [-0.4, -0.2) is 9.13 Å². The topological polar surface area (TPSA) is 9.86 Å². The fraction of sp³-hybridized carbons (Fsp3) is 0.0690. The average molecular weight is 799 g/mol. The number of nitrogens with zero attached hydrogens (tertiary/aromatic N) is 2. The highest BCUT2D eigenvalue weighted by atomic mass is 32.1.